The molecule has 0 bridgehead atoms. The zero-order valence-corrected chi connectivity index (χ0v) is 22.8. The van der Waals surface area contributed by atoms with Gasteiger partial charge in [-0.15, -0.1) is 0 Å². The van der Waals surface area contributed by atoms with E-state index < -0.39 is 17.8 Å². The number of benzene rings is 3. The van der Waals surface area contributed by atoms with Gasteiger partial charge < -0.3 is 15.4 Å². The normalized spacial score (nSPS) is 13.4. The molecule has 4 rings (SSSR count). The van der Waals surface area contributed by atoms with Crippen molar-refractivity contribution in [3.63, 3.8) is 0 Å². The average Bonchev–Trinajstić information content (AvgIpc) is 2.94. The Morgan fingerprint density at radius 2 is 1.62 bits per heavy atom. The highest BCUT2D eigenvalue weighted by Gasteiger charge is 2.21. The van der Waals surface area contributed by atoms with Gasteiger partial charge in [0.1, 0.15) is 5.75 Å². The van der Waals surface area contributed by atoms with Crippen LogP contribution in [-0.4, -0.2) is 35.9 Å². The maximum atomic E-state index is 12.8. The minimum absolute atomic E-state index is 0.0971. The van der Waals surface area contributed by atoms with E-state index in [9.17, 15) is 19.2 Å². The Hall–Kier alpha value is -4.21. The standard InChI is InChI=1S/C29H26Cl2N4O5/c30-19-13-14-22(24(31)16-19)29(39)40-21-10-6-7-18(15-21)17-32-35-28(38)27(37)34-25-12-5-4-11-23(25)26(36)33-20-8-2-1-3-9-20/h4-7,10-17,20H,1-3,8-9H2,(H,33,36)(H,34,37)(H,35,38). The van der Waals surface area contributed by atoms with Crippen molar-refractivity contribution in [2.24, 2.45) is 5.10 Å². The predicted octanol–water partition coefficient (Wildman–Crippen LogP) is 5.36. The summed E-state index contributed by atoms with van der Waals surface area (Å²) in [6, 6.07) is 17.4. The van der Waals surface area contributed by atoms with Gasteiger partial charge in [-0.1, -0.05) is 66.7 Å². The average molecular weight is 581 g/mol. The molecule has 9 nitrogen and oxygen atoms in total. The molecule has 1 saturated carbocycles. The molecule has 0 aliphatic heterocycles. The number of rotatable bonds is 7. The molecule has 3 amide bonds. The Labute approximate surface area is 240 Å². The van der Waals surface area contributed by atoms with E-state index in [1.807, 2.05) is 0 Å². The quantitative estimate of drug-likeness (QED) is 0.114. The molecular weight excluding hydrogens is 555 g/mol. The van der Waals surface area contributed by atoms with E-state index in [0.29, 0.717) is 10.6 Å². The van der Waals surface area contributed by atoms with Crippen molar-refractivity contribution in [3.8, 4) is 5.75 Å². The SMILES string of the molecule is O=C(NN=Cc1cccc(OC(=O)c2ccc(Cl)cc2Cl)c1)C(=O)Nc1ccccc1C(=O)NC1CCCCC1. The smallest absolute Gasteiger partial charge is 0.345 e. The molecule has 3 N–H and O–H groups in total. The third-order valence-electron chi connectivity index (χ3n) is 6.17. The lowest BCUT2D eigenvalue weighted by Gasteiger charge is -2.23. The summed E-state index contributed by atoms with van der Waals surface area (Å²) in [5, 5.41) is 9.82. The van der Waals surface area contributed by atoms with Gasteiger partial charge in [0.2, 0.25) is 0 Å². The number of nitrogens with zero attached hydrogens (tertiary/aromatic N) is 1. The summed E-state index contributed by atoms with van der Waals surface area (Å²) in [4.78, 5) is 50.0. The molecule has 0 aromatic heterocycles. The highest BCUT2D eigenvalue weighted by molar-refractivity contribution is 6.40. The van der Waals surface area contributed by atoms with Gasteiger partial charge in [0.05, 0.1) is 28.1 Å². The minimum Gasteiger partial charge on any atom is -0.423 e. The Morgan fingerprint density at radius 1 is 0.850 bits per heavy atom. The number of ether oxygens (including phenoxy) is 1. The molecule has 40 heavy (non-hydrogen) atoms. The summed E-state index contributed by atoms with van der Waals surface area (Å²) in [7, 11) is 0. The van der Waals surface area contributed by atoms with Crippen molar-refractivity contribution >= 4 is 58.8 Å². The molecule has 0 heterocycles. The van der Waals surface area contributed by atoms with Crippen LogP contribution in [0.3, 0.4) is 0 Å². The molecule has 0 spiro atoms. The second-order valence-electron chi connectivity index (χ2n) is 9.09. The van der Waals surface area contributed by atoms with Crippen LogP contribution in [0.25, 0.3) is 0 Å². The lowest BCUT2D eigenvalue weighted by molar-refractivity contribution is -0.136. The van der Waals surface area contributed by atoms with Crippen LogP contribution >= 0.6 is 23.2 Å². The molecule has 0 unspecified atom stereocenters. The van der Waals surface area contributed by atoms with Crippen molar-refractivity contribution in [2.45, 2.75) is 38.1 Å². The van der Waals surface area contributed by atoms with Gasteiger partial charge in [0.15, 0.2) is 0 Å². The lowest BCUT2D eigenvalue weighted by Crippen LogP contribution is -2.37. The molecule has 1 aliphatic carbocycles. The number of halogens is 2. The van der Waals surface area contributed by atoms with Crippen LogP contribution in [0, 0.1) is 0 Å². The molecule has 206 valence electrons. The van der Waals surface area contributed by atoms with Gasteiger partial charge in [0.25, 0.3) is 5.91 Å². The number of hydrogen-bond donors (Lipinski definition) is 3. The second-order valence-corrected chi connectivity index (χ2v) is 9.94. The first-order valence-electron chi connectivity index (χ1n) is 12.6. The van der Waals surface area contributed by atoms with Crippen molar-refractivity contribution < 1.29 is 23.9 Å². The van der Waals surface area contributed by atoms with Crippen LogP contribution < -0.4 is 20.8 Å². The number of carbonyl (C=O) groups excluding carboxylic acids is 4. The number of esters is 1. The first kappa shape index (κ1) is 28.8. The first-order valence-corrected chi connectivity index (χ1v) is 13.4. The Bertz CT molecular complexity index is 1450. The fourth-order valence-electron chi connectivity index (χ4n) is 4.17. The minimum atomic E-state index is -1.03. The molecule has 0 atom stereocenters. The summed E-state index contributed by atoms with van der Waals surface area (Å²) in [5.41, 5.74) is 3.26. The van der Waals surface area contributed by atoms with Crippen LogP contribution in [0.2, 0.25) is 10.0 Å². The Balaban J connectivity index is 1.32. The highest BCUT2D eigenvalue weighted by Crippen LogP contribution is 2.23. The summed E-state index contributed by atoms with van der Waals surface area (Å²) in [5.74, 6) is -2.78. The largest absolute Gasteiger partial charge is 0.423 e. The van der Waals surface area contributed by atoms with E-state index in [0.717, 1.165) is 32.1 Å². The highest BCUT2D eigenvalue weighted by atomic mass is 35.5. The Kier molecular flexibility index (Phi) is 9.88. The zero-order valence-electron chi connectivity index (χ0n) is 21.3. The second kappa shape index (κ2) is 13.7. The van der Waals surface area contributed by atoms with Gasteiger partial charge in [-0.3, -0.25) is 14.4 Å². The molecule has 3 aromatic carbocycles. The fourth-order valence-corrected chi connectivity index (χ4v) is 4.66. The van der Waals surface area contributed by atoms with E-state index in [2.05, 4.69) is 21.2 Å². The van der Waals surface area contributed by atoms with Crippen LogP contribution in [0.1, 0.15) is 58.4 Å². The van der Waals surface area contributed by atoms with Crippen LogP contribution in [0.5, 0.6) is 5.75 Å². The van der Waals surface area contributed by atoms with E-state index in [-0.39, 0.29) is 39.5 Å². The van der Waals surface area contributed by atoms with E-state index in [1.54, 1.807) is 42.5 Å². The number of carbonyl (C=O) groups is 4. The van der Waals surface area contributed by atoms with Gasteiger partial charge in [0, 0.05) is 11.1 Å². The number of para-hydroxylation sites is 1. The van der Waals surface area contributed by atoms with Gasteiger partial charge in [-0.05, 0) is 60.9 Å². The van der Waals surface area contributed by atoms with Crippen molar-refractivity contribution in [3.05, 3.63) is 93.5 Å². The monoisotopic (exact) mass is 580 g/mol. The lowest BCUT2D eigenvalue weighted by atomic mass is 9.95. The predicted molar refractivity (Wildman–Crippen MR) is 153 cm³/mol. The molecule has 1 fully saturated rings. The third kappa shape index (κ3) is 7.91. The van der Waals surface area contributed by atoms with Crippen molar-refractivity contribution in [1.82, 2.24) is 10.7 Å². The number of anilines is 1. The maximum Gasteiger partial charge on any atom is 0.345 e. The molecule has 0 radical (unpaired) electrons. The van der Waals surface area contributed by atoms with Crippen molar-refractivity contribution in [1.29, 1.82) is 0 Å². The maximum absolute atomic E-state index is 12.8. The fraction of sp³-hybridized carbons (Fsp3) is 0.207. The summed E-state index contributed by atoms with van der Waals surface area (Å²) in [6.45, 7) is 0. The molecule has 3 aromatic rings. The van der Waals surface area contributed by atoms with Crippen LogP contribution in [0.4, 0.5) is 5.69 Å². The van der Waals surface area contributed by atoms with E-state index in [1.165, 1.54) is 30.5 Å². The first-order chi connectivity index (χ1) is 19.3. The van der Waals surface area contributed by atoms with Gasteiger partial charge >= 0.3 is 17.8 Å². The third-order valence-corrected chi connectivity index (χ3v) is 6.71. The zero-order chi connectivity index (χ0) is 28.5. The van der Waals surface area contributed by atoms with Gasteiger partial charge in [-0.2, -0.15) is 5.10 Å². The van der Waals surface area contributed by atoms with Crippen LogP contribution in [0.15, 0.2) is 71.8 Å². The number of amides is 3. The van der Waals surface area contributed by atoms with E-state index in [4.69, 9.17) is 27.9 Å². The summed E-state index contributed by atoms with van der Waals surface area (Å²) in [6.07, 6.45) is 6.42. The topological polar surface area (TPSA) is 126 Å². The summed E-state index contributed by atoms with van der Waals surface area (Å²) < 4.78 is 5.36. The van der Waals surface area contributed by atoms with Crippen LogP contribution in [-0.2, 0) is 9.59 Å². The Morgan fingerprint density at radius 3 is 2.40 bits per heavy atom. The number of nitrogens with one attached hydrogen (secondary N) is 3. The molecular formula is C29H26Cl2N4O5. The van der Waals surface area contributed by atoms with E-state index >= 15 is 0 Å². The summed E-state index contributed by atoms with van der Waals surface area (Å²) >= 11 is 11.9. The van der Waals surface area contributed by atoms with Gasteiger partial charge in [-0.25, -0.2) is 10.2 Å². The molecule has 0 saturated heterocycles. The number of hydrogen-bond acceptors (Lipinski definition) is 6. The van der Waals surface area contributed by atoms with Crippen molar-refractivity contribution in [2.75, 3.05) is 5.32 Å². The molecule has 11 heteroatoms. The molecule has 1 aliphatic rings. The number of hydrazone groups is 1.